The topological polar surface area (TPSA) is 67.3 Å². The smallest absolute Gasteiger partial charge is 0.258 e. The number of allylic oxidation sites excluding steroid dienone is 1. The highest BCUT2D eigenvalue weighted by Gasteiger charge is 2.34. The van der Waals surface area contributed by atoms with Crippen LogP contribution in [0.15, 0.2) is 81.6 Å². The van der Waals surface area contributed by atoms with Gasteiger partial charge in [0.15, 0.2) is 5.11 Å². The summed E-state index contributed by atoms with van der Waals surface area (Å²) in [5, 5.41) is 8.98. The second-order valence-corrected chi connectivity index (χ2v) is 8.90. The van der Waals surface area contributed by atoms with Crippen LogP contribution in [0.2, 0.25) is 5.02 Å². The summed E-state index contributed by atoms with van der Waals surface area (Å²) in [6.45, 7) is 4.62. The van der Waals surface area contributed by atoms with Gasteiger partial charge in [0.05, 0.1) is 24.4 Å². The quantitative estimate of drug-likeness (QED) is 0.313. The van der Waals surface area contributed by atoms with Crippen molar-refractivity contribution in [1.29, 1.82) is 0 Å². The lowest BCUT2D eigenvalue weighted by atomic mass is 9.95. The highest BCUT2D eigenvalue weighted by atomic mass is 35.5. The van der Waals surface area contributed by atoms with Gasteiger partial charge in [-0.2, -0.15) is 4.98 Å². The molecule has 1 unspecified atom stereocenters. The second kappa shape index (κ2) is 9.44. The van der Waals surface area contributed by atoms with Crippen molar-refractivity contribution in [3.63, 3.8) is 0 Å². The van der Waals surface area contributed by atoms with E-state index in [0.29, 0.717) is 28.4 Å². The number of benzene rings is 2. The number of aromatic nitrogens is 2. The lowest BCUT2D eigenvalue weighted by Gasteiger charge is -2.37. The summed E-state index contributed by atoms with van der Waals surface area (Å²) in [6.07, 6.45) is 2.63. The summed E-state index contributed by atoms with van der Waals surface area (Å²) in [6, 6.07) is 19.4. The van der Waals surface area contributed by atoms with E-state index in [1.165, 1.54) is 5.56 Å². The van der Waals surface area contributed by atoms with Crippen molar-refractivity contribution in [1.82, 2.24) is 20.4 Å². The van der Waals surface area contributed by atoms with Gasteiger partial charge in [-0.25, -0.2) is 0 Å². The Morgan fingerprint density at radius 3 is 2.53 bits per heavy atom. The molecule has 34 heavy (non-hydrogen) atoms. The molecule has 0 bridgehead atoms. The third-order valence-electron chi connectivity index (χ3n) is 5.97. The van der Waals surface area contributed by atoms with Gasteiger partial charge in [-0.15, -0.1) is 0 Å². The Balaban J connectivity index is 1.58. The van der Waals surface area contributed by atoms with E-state index in [1.54, 1.807) is 6.26 Å². The highest BCUT2D eigenvalue weighted by molar-refractivity contribution is 7.80. The van der Waals surface area contributed by atoms with Crippen molar-refractivity contribution in [3.05, 3.63) is 100 Å². The molecular weight excluding hydrogens is 468 g/mol. The molecule has 0 fully saturated rings. The molecule has 2 aromatic heterocycles. The fourth-order valence-corrected chi connectivity index (χ4v) is 4.50. The Labute approximate surface area is 208 Å². The lowest BCUT2D eigenvalue weighted by Crippen LogP contribution is -2.45. The fourth-order valence-electron chi connectivity index (χ4n) is 4.05. The minimum absolute atomic E-state index is 0.270. The average Bonchev–Trinajstić information content (AvgIpc) is 3.54. The van der Waals surface area contributed by atoms with Crippen LogP contribution in [0.1, 0.15) is 42.7 Å². The number of thiocarbonyl (C=S) groups is 1. The first-order chi connectivity index (χ1) is 16.5. The lowest BCUT2D eigenvalue weighted by molar-refractivity contribution is 0.382. The van der Waals surface area contributed by atoms with E-state index in [4.69, 9.17) is 37.7 Å². The van der Waals surface area contributed by atoms with E-state index in [2.05, 4.69) is 29.5 Å². The molecule has 8 heteroatoms. The zero-order valence-corrected chi connectivity index (χ0v) is 20.4. The van der Waals surface area contributed by atoms with Crippen LogP contribution in [0.5, 0.6) is 0 Å². The number of halogens is 1. The van der Waals surface area contributed by atoms with Gasteiger partial charge in [-0.05, 0) is 61.0 Å². The van der Waals surface area contributed by atoms with Gasteiger partial charge in [-0.3, -0.25) is 0 Å². The van der Waals surface area contributed by atoms with E-state index < -0.39 is 0 Å². The van der Waals surface area contributed by atoms with Crippen LogP contribution in [-0.2, 0) is 13.0 Å². The standard InChI is InChI=1S/C26H23ClN4O2S/c1-3-17-6-8-19(9-7-17)24-29-25(33-30-24)22-16(2)31(15-21-5-4-14-32-21)26(34)28-23(22)18-10-12-20(27)13-11-18/h4-14,23H,3,15H2,1-2H3,(H,28,34). The Bertz CT molecular complexity index is 1330. The van der Waals surface area contributed by atoms with Crippen molar-refractivity contribution in [3.8, 4) is 11.4 Å². The molecule has 0 radical (unpaired) electrons. The van der Waals surface area contributed by atoms with Crippen molar-refractivity contribution in [2.75, 3.05) is 0 Å². The van der Waals surface area contributed by atoms with Crippen LogP contribution in [0.25, 0.3) is 17.0 Å². The molecule has 6 nitrogen and oxygen atoms in total. The van der Waals surface area contributed by atoms with Gasteiger partial charge >= 0.3 is 0 Å². The number of nitrogens with one attached hydrogen (secondary N) is 1. The number of hydrogen-bond donors (Lipinski definition) is 1. The molecule has 1 aliphatic rings. The molecule has 5 rings (SSSR count). The third kappa shape index (κ3) is 4.36. The zero-order valence-electron chi connectivity index (χ0n) is 18.8. The van der Waals surface area contributed by atoms with Crippen LogP contribution in [0, 0.1) is 0 Å². The molecule has 1 N–H and O–H groups in total. The number of furan rings is 1. The van der Waals surface area contributed by atoms with Crippen LogP contribution in [-0.4, -0.2) is 20.2 Å². The first kappa shape index (κ1) is 22.4. The van der Waals surface area contributed by atoms with E-state index in [9.17, 15) is 0 Å². The van der Waals surface area contributed by atoms with E-state index in [0.717, 1.165) is 34.6 Å². The Morgan fingerprint density at radius 2 is 1.85 bits per heavy atom. The minimum atomic E-state index is -0.270. The predicted molar refractivity (Wildman–Crippen MR) is 136 cm³/mol. The molecule has 2 aromatic carbocycles. The van der Waals surface area contributed by atoms with Gasteiger partial charge in [-0.1, -0.05) is 60.1 Å². The summed E-state index contributed by atoms with van der Waals surface area (Å²) in [5.74, 6) is 1.78. The monoisotopic (exact) mass is 490 g/mol. The maximum Gasteiger partial charge on any atom is 0.258 e. The summed E-state index contributed by atoms with van der Waals surface area (Å²) in [7, 11) is 0. The Morgan fingerprint density at radius 1 is 1.09 bits per heavy atom. The number of hydrogen-bond acceptors (Lipinski definition) is 5. The van der Waals surface area contributed by atoms with Crippen molar-refractivity contribution < 1.29 is 8.94 Å². The summed E-state index contributed by atoms with van der Waals surface area (Å²) in [4.78, 5) is 6.75. The van der Waals surface area contributed by atoms with Gasteiger partial charge in [0.25, 0.3) is 5.89 Å². The zero-order chi connectivity index (χ0) is 23.7. The SMILES string of the molecule is CCc1ccc(-c2noc(C3=C(C)N(Cc4ccco4)C(=S)NC3c3ccc(Cl)cc3)n2)cc1. The molecule has 0 saturated carbocycles. The number of nitrogens with zero attached hydrogens (tertiary/aromatic N) is 3. The van der Waals surface area contributed by atoms with Gasteiger partial charge in [0, 0.05) is 16.3 Å². The first-order valence-corrected chi connectivity index (χ1v) is 11.8. The molecule has 1 atom stereocenters. The van der Waals surface area contributed by atoms with Gasteiger partial charge in [0.2, 0.25) is 5.82 Å². The van der Waals surface area contributed by atoms with Crippen LogP contribution in [0.3, 0.4) is 0 Å². The summed E-state index contributed by atoms with van der Waals surface area (Å²) >= 11 is 11.9. The van der Waals surface area contributed by atoms with Crippen LogP contribution < -0.4 is 5.32 Å². The third-order valence-corrected chi connectivity index (χ3v) is 6.56. The molecule has 0 aliphatic carbocycles. The minimum Gasteiger partial charge on any atom is -0.467 e. The average molecular weight is 491 g/mol. The number of aryl methyl sites for hydroxylation is 1. The van der Waals surface area contributed by atoms with Crippen molar-refractivity contribution in [2.45, 2.75) is 32.9 Å². The van der Waals surface area contributed by atoms with Gasteiger partial charge < -0.3 is 19.2 Å². The molecule has 3 heterocycles. The largest absolute Gasteiger partial charge is 0.467 e. The molecule has 0 saturated heterocycles. The highest BCUT2D eigenvalue weighted by Crippen LogP contribution is 2.38. The molecule has 0 amide bonds. The molecular formula is C26H23ClN4O2S. The maximum absolute atomic E-state index is 6.14. The maximum atomic E-state index is 6.14. The molecule has 4 aromatic rings. The normalized spacial score (nSPS) is 16.1. The summed E-state index contributed by atoms with van der Waals surface area (Å²) < 4.78 is 11.4. The Kier molecular flexibility index (Phi) is 6.22. The van der Waals surface area contributed by atoms with E-state index >= 15 is 0 Å². The predicted octanol–water partition coefficient (Wildman–Crippen LogP) is 6.41. The van der Waals surface area contributed by atoms with Crippen molar-refractivity contribution in [2.24, 2.45) is 0 Å². The molecule has 1 aliphatic heterocycles. The van der Waals surface area contributed by atoms with Crippen LogP contribution >= 0.6 is 23.8 Å². The van der Waals surface area contributed by atoms with E-state index in [-0.39, 0.29) is 6.04 Å². The molecule has 172 valence electrons. The number of rotatable bonds is 6. The summed E-state index contributed by atoms with van der Waals surface area (Å²) in [5.41, 5.74) is 4.92. The molecule has 0 spiro atoms. The Hall–Kier alpha value is -3.42. The van der Waals surface area contributed by atoms with Crippen LogP contribution in [0.4, 0.5) is 0 Å². The fraction of sp³-hybridized carbons (Fsp3) is 0.192. The van der Waals surface area contributed by atoms with Crippen molar-refractivity contribution >= 4 is 34.5 Å². The first-order valence-electron chi connectivity index (χ1n) is 11.0. The second-order valence-electron chi connectivity index (χ2n) is 8.07. The van der Waals surface area contributed by atoms with Gasteiger partial charge in [0.1, 0.15) is 5.76 Å². The van der Waals surface area contributed by atoms with E-state index in [1.807, 2.05) is 60.4 Å².